The molecule has 0 unspecified atom stereocenters. The molecule has 3 aliphatic rings. The summed E-state index contributed by atoms with van der Waals surface area (Å²) in [5.74, 6) is -5.22. The number of aromatic amines is 1. The fourth-order valence-electron chi connectivity index (χ4n) is 10.1. The van der Waals surface area contributed by atoms with Crippen LogP contribution in [-0.4, -0.2) is 120 Å². The van der Waals surface area contributed by atoms with Crippen molar-refractivity contribution >= 4 is 70.1 Å². The number of nitrogens with one attached hydrogen (secondary N) is 7. The molecule has 3 aliphatic carbocycles. The predicted molar refractivity (Wildman–Crippen MR) is 287 cm³/mol. The molecule has 2 bridgehead atoms. The molecule has 1 aromatic heterocycles. The van der Waals surface area contributed by atoms with Crippen LogP contribution in [0, 0.1) is 16.2 Å². The zero-order chi connectivity index (χ0) is 55.1. The minimum absolute atomic E-state index is 0.00813. The highest BCUT2D eigenvalue weighted by atomic mass is 16.2. The number of rotatable bonds is 29. The molecule has 1 heterocycles. The van der Waals surface area contributed by atoms with E-state index in [4.69, 9.17) is 40.1 Å². The zero-order valence-corrected chi connectivity index (χ0v) is 43.4. The molecule has 408 valence electrons. The van der Waals surface area contributed by atoms with Gasteiger partial charge in [-0.3, -0.25) is 48.5 Å². The van der Waals surface area contributed by atoms with E-state index >= 15 is 9.59 Å². The summed E-state index contributed by atoms with van der Waals surface area (Å²) in [7, 11) is 0. The molecule has 6 rings (SSSR count). The highest BCUT2D eigenvalue weighted by Gasteiger charge is 2.75. The quantitative estimate of drug-likeness (QED) is 0.0220. The van der Waals surface area contributed by atoms with Crippen LogP contribution in [0.4, 0.5) is 0 Å². The lowest BCUT2D eigenvalue weighted by molar-refractivity contribution is -0.269. The first kappa shape index (κ1) is 58.0. The van der Waals surface area contributed by atoms with Gasteiger partial charge in [0.15, 0.2) is 17.9 Å². The molecule has 0 spiro atoms. The first-order chi connectivity index (χ1) is 35.4. The van der Waals surface area contributed by atoms with Gasteiger partial charge in [0.25, 0.3) is 0 Å². The number of H-pyrrole nitrogens is 1. The van der Waals surface area contributed by atoms with E-state index in [9.17, 15) is 24.0 Å². The molecule has 75 heavy (non-hydrogen) atoms. The van der Waals surface area contributed by atoms with E-state index in [-0.39, 0.29) is 93.3 Å². The van der Waals surface area contributed by atoms with E-state index in [1.54, 1.807) is 30.5 Å². The second-order valence-electron chi connectivity index (χ2n) is 20.9. The SMILES string of the molecule is CC(=O)N[C@@H](CCCN=C(N)N)C(=O)N[C@@H](CCCN=C(N)N)C(=O)N[C@@H](Cc1c[nH]c2ccccc12)C(=O)N[C@H](C(=O)N[C@@H](CCCN=C(N)N)C(=O)N[C@@H](Cc1ccccc1)C(N)=O)C12CC(C(C)(C)C)(C1)C2. The van der Waals surface area contributed by atoms with Gasteiger partial charge >= 0.3 is 0 Å². The van der Waals surface area contributed by atoms with Crippen LogP contribution in [-0.2, 0) is 46.4 Å². The van der Waals surface area contributed by atoms with Gasteiger partial charge in [-0.2, -0.15) is 0 Å². The summed E-state index contributed by atoms with van der Waals surface area (Å²) in [6.45, 7) is 8.06. The third kappa shape index (κ3) is 16.0. The Balaban J connectivity index is 1.48. The lowest BCUT2D eigenvalue weighted by Crippen LogP contribution is -2.76. The third-order valence-corrected chi connectivity index (χ3v) is 14.3. The molecule has 24 nitrogen and oxygen atoms in total. The summed E-state index contributed by atoms with van der Waals surface area (Å²) in [6, 6.07) is 9.15. The Morgan fingerprint density at radius 3 is 1.48 bits per heavy atom. The van der Waals surface area contributed by atoms with Crippen LogP contribution in [0.3, 0.4) is 0 Å². The second-order valence-corrected chi connectivity index (χ2v) is 20.9. The van der Waals surface area contributed by atoms with Crippen molar-refractivity contribution in [3.05, 3.63) is 71.9 Å². The van der Waals surface area contributed by atoms with Gasteiger partial charge in [-0.1, -0.05) is 69.3 Å². The van der Waals surface area contributed by atoms with Crippen molar-refractivity contribution in [1.29, 1.82) is 0 Å². The molecule has 3 saturated carbocycles. The third-order valence-electron chi connectivity index (χ3n) is 14.3. The molecule has 0 radical (unpaired) electrons. The molecule has 21 N–H and O–H groups in total. The number of para-hydroxylation sites is 1. The molecular formula is C51H77N17O7. The van der Waals surface area contributed by atoms with Gasteiger partial charge in [0.05, 0.1) is 0 Å². The largest absolute Gasteiger partial charge is 0.370 e. The summed E-state index contributed by atoms with van der Waals surface area (Å²) in [4.78, 5) is 113. The number of hydrogen-bond donors (Lipinski definition) is 14. The van der Waals surface area contributed by atoms with Crippen LogP contribution in [0.5, 0.6) is 0 Å². The number of carbonyl (C=O) groups excluding carboxylic acids is 7. The van der Waals surface area contributed by atoms with Gasteiger partial charge in [0.1, 0.15) is 36.3 Å². The Kier molecular flexibility index (Phi) is 20.0. The van der Waals surface area contributed by atoms with Crippen LogP contribution in [0.15, 0.2) is 75.8 Å². The Labute approximate surface area is 436 Å². The van der Waals surface area contributed by atoms with Crippen molar-refractivity contribution < 1.29 is 33.6 Å². The van der Waals surface area contributed by atoms with Gasteiger partial charge in [-0.15, -0.1) is 0 Å². The number of carbonyl (C=O) groups is 7. The van der Waals surface area contributed by atoms with Crippen LogP contribution in [0.1, 0.15) is 96.6 Å². The molecule has 6 atom stereocenters. The van der Waals surface area contributed by atoms with Gasteiger partial charge < -0.3 is 77.0 Å². The first-order valence-electron chi connectivity index (χ1n) is 25.3. The summed E-state index contributed by atoms with van der Waals surface area (Å²) >= 11 is 0. The highest BCUT2D eigenvalue weighted by Crippen LogP contribution is 2.80. The normalized spacial score (nSPS) is 18.8. The number of fused-ring (bicyclic) bond motifs is 1. The molecule has 3 aromatic rings. The van der Waals surface area contributed by atoms with Crippen molar-refractivity contribution in [3.63, 3.8) is 0 Å². The minimum atomic E-state index is -1.34. The maximum absolute atomic E-state index is 15.1. The number of nitrogens with two attached hydrogens (primary N) is 7. The standard InChI is InChI=1S/C51H77N17O7/c1-29(69)63-34(17-10-20-59-46(53)54)41(71)64-35(18-11-21-60-47(55)56)43(73)67-38(24-31-25-62-33-16-9-8-15-32(31)33)44(74)68-39(50-26-51(27-50,28-50)49(2,3)4)45(75)65-36(19-12-22-61-48(57)58)42(72)66-37(40(52)70)23-30-13-6-5-7-14-30/h5-9,13-16,25,34-39,62H,10-12,17-24,26-28H2,1-4H3,(H2,52,70)(H,63,69)(H,64,71)(H,65,75)(H,66,72)(H,67,73)(H,68,74)(H4,53,54,59)(H4,55,56,60)(H4,57,58,61)/t34-,35-,36-,37-,38-,39+,50?,51?/m0/s1. The predicted octanol–water partition coefficient (Wildman–Crippen LogP) is -1.26. The van der Waals surface area contributed by atoms with E-state index in [0.717, 1.165) is 16.5 Å². The molecule has 0 aliphatic heterocycles. The summed E-state index contributed by atoms with van der Waals surface area (Å²) < 4.78 is 0. The zero-order valence-electron chi connectivity index (χ0n) is 43.4. The number of primary amides is 1. The maximum atomic E-state index is 15.1. The van der Waals surface area contributed by atoms with Crippen molar-refractivity contribution in [2.45, 2.75) is 135 Å². The van der Waals surface area contributed by atoms with Crippen LogP contribution in [0.25, 0.3) is 10.9 Å². The summed E-state index contributed by atoms with van der Waals surface area (Å²) in [5.41, 5.74) is 40.3. The van der Waals surface area contributed by atoms with E-state index in [2.05, 4.69) is 72.6 Å². The number of aromatic nitrogens is 1. The molecular weight excluding hydrogens is 963 g/mol. The Bertz CT molecular complexity index is 2580. The lowest BCUT2D eigenvalue weighted by atomic mass is 9.28. The van der Waals surface area contributed by atoms with Gasteiger partial charge in [-0.25, -0.2) is 0 Å². The molecule has 2 aromatic carbocycles. The van der Waals surface area contributed by atoms with E-state index in [1.165, 1.54) is 6.92 Å². The molecule has 24 heteroatoms. The number of amides is 7. The molecule has 0 saturated heterocycles. The van der Waals surface area contributed by atoms with Crippen LogP contribution in [0.2, 0.25) is 0 Å². The fourth-order valence-corrected chi connectivity index (χ4v) is 10.1. The number of benzene rings is 2. The Hall–Kier alpha value is -7.92. The van der Waals surface area contributed by atoms with Crippen molar-refractivity contribution in [2.24, 2.45) is 71.4 Å². The number of hydrogen-bond acceptors (Lipinski definition) is 10. The summed E-state index contributed by atoms with van der Waals surface area (Å²) in [5, 5.41) is 17.7. The maximum Gasteiger partial charge on any atom is 0.243 e. The van der Waals surface area contributed by atoms with Gasteiger partial charge in [0, 0.05) is 61.9 Å². The average Bonchev–Trinajstić information content (AvgIpc) is 3.71. The smallest absolute Gasteiger partial charge is 0.243 e. The van der Waals surface area contributed by atoms with Crippen molar-refractivity contribution in [1.82, 2.24) is 36.9 Å². The van der Waals surface area contributed by atoms with Gasteiger partial charge in [0.2, 0.25) is 41.4 Å². The van der Waals surface area contributed by atoms with Crippen LogP contribution < -0.4 is 72.0 Å². The summed E-state index contributed by atoms with van der Waals surface area (Å²) in [6.07, 6.45) is 4.48. The number of aliphatic imine (C=N–C) groups is 3. The van der Waals surface area contributed by atoms with Crippen LogP contribution >= 0.6 is 0 Å². The second kappa shape index (κ2) is 25.8. The average molecular weight is 1040 g/mol. The Morgan fingerprint density at radius 1 is 0.560 bits per heavy atom. The monoisotopic (exact) mass is 1040 g/mol. The van der Waals surface area contributed by atoms with E-state index in [0.29, 0.717) is 31.2 Å². The van der Waals surface area contributed by atoms with Crippen molar-refractivity contribution in [2.75, 3.05) is 19.6 Å². The van der Waals surface area contributed by atoms with Crippen molar-refractivity contribution in [3.8, 4) is 0 Å². The number of guanidine groups is 3. The number of nitrogens with zero attached hydrogens (tertiary/aromatic N) is 3. The van der Waals surface area contributed by atoms with Gasteiger partial charge in [-0.05, 0) is 85.8 Å². The van der Waals surface area contributed by atoms with E-state index < -0.39 is 83.0 Å². The molecule has 3 fully saturated rings. The fraction of sp³-hybridized carbons (Fsp3) is 0.529. The van der Waals surface area contributed by atoms with E-state index in [1.807, 2.05) is 30.3 Å². The Morgan fingerprint density at radius 2 is 1.00 bits per heavy atom. The molecule has 7 amide bonds. The highest BCUT2D eigenvalue weighted by molar-refractivity contribution is 5.98. The first-order valence-corrected chi connectivity index (χ1v) is 25.3. The lowest BCUT2D eigenvalue weighted by Gasteiger charge is -2.77. The minimum Gasteiger partial charge on any atom is -0.370 e. The topological polar surface area (TPSA) is 427 Å².